The van der Waals surface area contributed by atoms with Crippen LogP contribution in [0.1, 0.15) is 53.9 Å². The highest BCUT2D eigenvalue weighted by Crippen LogP contribution is 2.16. The maximum Gasteiger partial charge on any atom is 0.0598 e. The first-order valence-electron chi connectivity index (χ1n) is 5.59. The molecule has 0 rings (SSSR count). The van der Waals surface area contributed by atoms with Crippen molar-refractivity contribution >= 4 is 11.6 Å². The van der Waals surface area contributed by atoms with Crippen LogP contribution in [0, 0.1) is 5.92 Å². The lowest BCUT2D eigenvalue weighted by molar-refractivity contribution is -0.00472. The third kappa shape index (κ3) is 10.3. The van der Waals surface area contributed by atoms with Crippen molar-refractivity contribution in [2.75, 3.05) is 6.61 Å². The van der Waals surface area contributed by atoms with Crippen molar-refractivity contribution in [1.29, 1.82) is 0 Å². The van der Waals surface area contributed by atoms with E-state index in [0.717, 1.165) is 25.9 Å². The molecule has 2 heteroatoms. The second-order valence-corrected chi connectivity index (χ2v) is 5.95. The lowest BCUT2D eigenvalue weighted by Crippen LogP contribution is -2.20. The summed E-state index contributed by atoms with van der Waals surface area (Å²) in [6, 6.07) is 0. The number of alkyl halides is 1. The summed E-state index contributed by atoms with van der Waals surface area (Å²) in [5, 5.41) is 0.318. The molecule has 0 heterocycles. The SMILES string of the molecule is CC(C)CC(Cl)CCCOC(C)(C)C. The molecule has 0 aliphatic rings. The van der Waals surface area contributed by atoms with E-state index >= 15 is 0 Å². The smallest absolute Gasteiger partial charge is 0.0598 e. The van der Waals surface area contributed by atoms with Gasteiger partial charge in [-0.3, -0.25) is 0 Å². The lowest BCUT2D eigenvalue weighted by atomic mass is 10.1. The van der Waals surface area contributed by atoms with Crippen molar-refractivity contribution in [2.24, 2.45) is 5.92 Å². The molecule has 0 aromatic heterocycles. The largest absolute Gasteiger partial charge is 0.376 e. The molecule has 0 saturated carbocycles. The highest BCUT2D eigenvalue weighted by molar-refractivity contribution is 6.20. The Morgan fingerprint density at radius 2 is 1.79 bits per heavy atom. The Labute approximate surface area is 94.2 Å². The molecule has 0 aromatic carbocycles. The predicted octanol–water partition coefficient (Wildman–Crippen LogP) is 4.24. The zero-order chi connectivity index (χ0) is 11.2. The van der Waals surface area contributed by atoms with Gasteiger partial charge in [0.2, 0.25) is 0 Å². The second-order valence-electron chi connectivity index (χ2n) is 5.33. The molecule has 0 fully saturated rings. The maximum atomic E-state index is 6.17. The van der Waals surface area contributed by atoms with Gasteiger partial charge in [0.1, 0.15) is 0 Å². The Morgan fingerprint density at radius 3 is 2.21 bits per heavy atom. The van der Waals surface area contributed by atoms with E-state index in [1.807, 2.05) is 0 Å². The van der Waals surface area contributed by atoms with Gasteiger partial charge < -0.3 is 4.74 Å². The molecule has 0 saturated heterocycles. The van der Waals surface area contributed by atoms with E-state index in [2.05, 4.69) is 34.6 Å². The van der Waals surface area contributed by atoms with E-state index in [9.17, 15) is 0 Å². The van der Waals surface area contributed by atoms with E-state index in [0.29, 0.717) is 11.3 Å². The molecule has 0 bridgehead atoms. The molecular weight excluding hydrogens is 196 g/mol. The first-order chi connectivity index (χ1) is 6.31. The van der Waals surface area contributed by atoms with E-state index in [1.165, 1.54) is 0 Å². The van der Waals surface area contributed by atoms with Gasteiger partial charge >= 0.3 is 0 Å². The van der Waals surface area contributed by atoms with Crippen molar-refractivity contribution < 1.29 is 4.74 Å². The topological polar surface area (TPSA) is 9.23 Å². The van der Waals surface area contributed by atoms with Gasteiger partial charge in [-0.2, -0.15) is 0 Å². The number of halogens is 1. The Hall–Kier alpha value is 0.250. The summed E-state index contributed by atoms with van der Waals surface area (Å²) in [4.78, 5) is 0. The van der Waals surface area contributed by atoms with Crippen LogP contribution >= 0.6 is 11.6 Å². The first kappa shape index (κ1) is 14.2. The molecule has 0 spiro atoms. The summed E-state index contributed by atoms with van der Waals surface area (Å²) >= 11 is 6.17. The Bertz CT molecular complexity index is 138. The zero-order valence-electron chi connectivity index (χ0n) is 10.3. The molecule has 0 radical (unpaired) electrons. The third-order valence-corrected chi connectivity index (χ3v) is 2.32. The average molecular weight is 221 g/mol. The number of hydrogen-bond donors (Lipinski definition) is 0. The van der Waals surface area contributed by atoms with Crippen LogP contribution in [0.2, 0.25) is 0 Å². The van der Waals surface area contributed by atoms with Gasteiger partial charge in [0.05, 0.1) is 5.60 Å². The standard InChI is InChI=1S/C12H25ClO/c1-10(2)9-11(13)7-6-8-14-12(3,4)5/h10-11H,6-9H2,1-5H3. The fourth-order valence-electron chi connectivity index (χ4n) is 1.31. The summed E-state index contributed by atoms with van der Waals surface area (Å²) in [6.07, 6.45) is 3.24. The Balaban J connectivity index is 3.36. The highest BCUT2D eigenvalue weighted by atomic mass is 35.5. The summed E-state index contributed by atoms with van der Waals surface area (Å²) in [5.41, 5.74) is -0.0140. The van der Waals surface area contributed by atoms with E-state index in [1.54, 1.807) is 0 Å². The molecule has 86 valence electrons. The van der Waals surface area contributed by atoms with Crippen LogP contribution in [0.25, 0.3) is 0 Å². The summed E-state index contributed by atoms with van der Waals surface area (Å²) in [6.45, 7) is 11.5. The molecule has 14 heavy (non-hydrogen) atoms. The number of ether oxygens (including phenoxy) is 1. The maximum absolute atomic E-state index is 6.17. The van der Waals surface area contributed by atoms with Crippen molar-refractivity contribution in [3.05, 3.63) is 0 Å². The second kappa shape index (κ2) is 6.68. The van der Waals surface area contributed by atoms with Gasteiger partial charge in [0.15, 0.2) is 0 Å². The highest BCUT2D eigenvalue weighted by Gasteiger charge is 2.11. The van der Waals surface area contributed by atoms with Crippen LogP contribution in [0.3, 0.4) is 0 Å². The quantitative estimate of drug-likeness (QED) is 0.481. The van der Waals surface area contributed by atoms with Gasteiger partial charge in [0, 0.05) is 12.0 Å². The summed E-state index contributed by atoms with van der Waals surface area (Å²) in [7, 11) is 0. The Kier molecular flexibility index (Phi) is 6.80. The minimum Gasteiger partial charge on any atom is -0.376 e. The van der Waals surface area contributed by atoms with Gasteiger partial charge in [-0.05, 0) is 46.0 Å². The molecule has 1 unspecified atom stereocenters. The van der Waals surface area contributed by atoms with Crippen LogP contribution in [0.5, 0.6) is 0 Å². The van der Waals surface area contributed by atoms with Gasteiger partial charge in [-0.25, -0.2) is 0 Å². The van der Waals surface area contributed by atoms with Crippen molar-refractivity contribution in [3.8, 4) is 0 Å². The normalized spacial score (nSPS) is 14.8. The molecular formula is C12H25ClO. The number of rotatable bonds is 6. The van der Waals surface area contributed by atoms with Gasteiger partial charge in [-0.1, -0.05) is 13.8 Å². The average Bonchev–Trinajstić information content (AvgIpc) is 1.95. The zero-order valence-corrected chi connectivity index (χ0v) is 11.0. The fraction of sp³-hybridized carbons (Fsp3) is 1.00. The van der Waals surface area contributed by atoms with Crippen LogP contribution in [-0.2, 0) is 4.74 Å². The van der Waals surface area contributed by atoms with Crippen molar-refractivity contribution in [3.63, 3.8) is 0 Å². The van der Waals surface area contributed by atoms with Crippen LogP contribution in [-0.4, -0.2) is 17.6 Å². The lowest BCUT2D eigenvalue weighted by Gasteiger charge is -2.20. The summed E-state index contributed by atoms with van der Waals surface area (Å²) < 4.78 is 5.63. The minimum absolute atomic E-state index is 0.0140. The first-order valence-corrected chi connectivity index (χ1v) is 6.03. The molecule has 0 aliphatic carbocycles. The van der Waals surface area contributed by atoms with E-state index in [4.69, 9.17) is 16.3 Å². The van der Waals surface area contributed by atoms with Crippen LogP contribution in [0.15, 0.2) is 0 Å². The molecule has 0 amide bonds. The van der Waals surface area contributed by atoms with E-state index < -0.39 is 0 Å². The molecule has 0 aliphatic heterocycles. The van der Waals surface area contributed by atoms with Gasteiger partial charge in [0.25, 0.3) is 0 Å². The van der Waals surface area contributed by atoms with Crippen LogP contribution < -0.4 is 0 Å². The van der Waals surface area contributed by atoms with Crippen LogP contribution in [0.4, 0.5) is 0 Å². The summed E-state index contributed by atoms with van der Waals surface area (Å²) in [5.74, 6) is 0.695. The molecule has 0 N–H and O–H groups in total. The van der Waals surface area contributed by atoms with Crippen molar-refractivity contribution in [2.45, 2.75) is 64.9 Å². The number of hydrogen-bond acceptors (Lipinski definition) is 1. The van der Waals surface area contributed by atoms with Crippen molar-refractivity contribution in [1.82, 2.24) is 0 Å². The molecule has 0 aromatic rings. The Morgan fingerprint density at radius 1 is 1.21 bits per heavy atom. The minimum atomic E-state index is -0.0140. The predicted molar refractivity (Wildman–Crippen MR) is 64.0 cm³/mol. The van der Waals surface area contributed by atoms with Gasteiger partial charge in [-0.15, -0.1) is 11.6 Å². The molecule has 1 atom stereocenters. The molecule has 1 nitrogen and oxygen atoms in total. The third-order valence-electron chi connectivity index (χ3n) is 1.92. The van der Waals surface area contributed by atoms with E-state index in [-0.39, 0.29) is 5.60 Å². The monoisotopic (exact) mass is 220 g/mol. The fourth-order valence-corrected chi connectivity index (χ4v) is 1.82.